The second-order valence-corrected chi connectivity index (χ2v) is 6.46. The fraction of sp³-hybridized carbons (Fsp3) is 0.0556. The van der Waals surface area contributed by atoms with Crippen LogP contribution < -0.4 is 10.6 Å². The maximum atomic E-state index is 13.7. The summed E-state index contributed by atoms with van der Waals surface area (Å²) >= 11 is 1.00. The largest absolute Gasteiger partial charge is 0.326 e. The number of benzene rings is 2. The van der Waals surface area contributed by atoms with Gasteiger partial charge in [0.2, 0.25) is 5.91 Å². The molecule has 0 atom stereocenters. The highest BCUT2D eigenvalue weighted by Gasteiger charge is 2.23. The Labute approximate surface area is 160 Å². The van der Waals surface area contributed by atoms with Gasteiger partial charge >= 0.3 is 0 Å². The van der Waals surface area contributed by atoms with Crippen molar-refractivity contribution in [2.24, 2.45) is 0 Å². The van der Waals surface area contributed by atoms with Crippen LogP contribution in [0.15, 0.2) is 35.7 Å². The molecule has 0 fully saturated rings. The quantitative estimate of drug-likeness (QED) is 0.377. The van der Waals surface area contributed by atoms with Crippen molar-refractivity contribution < 1.29 is 27.2 Å². The molecule has 1 heterocycles. The first-order valence-corrected chi connectivity index (χ1v) is 8.62. The van der Waals surface area contributed by atoms with Crippen molar-refractivity contribution >= 4 is 34.0 Å². The third kappa shape index (κ3) is 4.01. The number of aromatic nitrogens is 1. The van der Waals surface area contributed by atoms with Crippen LogP contribution in [0.5, 0.6) is 0 Å². The number of rotatable bonds is 4. The van der Waals surface area contributed by atoms with Gasteiger partial charge in [0.25, 0.3) is 5.91 Å². The molecule has 3 aromatic rings. The van der Waals surface area contributed by atoms with Gasteiger partial charge in [0, 0.05) is 23.6 Å². The summed E-state index contributed by atoms with van der Waals surface area (Å²) in [5.74, 6) is -8.91. The number of hydrogen-bond acceptors (Lipinski definition) is 4. The van der Waals surface area contributed by atoms with E-state index >= 15 is 0 Å². The van der Waals surface area contributed by atoms with Crippen molar-refractivity contribution in [3.63, 3.8) is 0 Å². The molecule has 0 aliphatic rings. The molecule has 0 spiro atoms. The zero-order valence-electron chi connectivity index (χ0n) is 14.1. The lowest BCUT2D eigenvalue weighted by Gasteiger charge is -2.05. The topological polar surface area (TPSA) is 71.1 Å². The molecular weight excluding hydrogens is 398 g/mol. The van der Waals surface area contributed by atoms with Gasteiger partial charge in [-0.15, -0.1) is 11.3 Å². The molecule has 2 amide bonds. The third-order valence-electron chi connectivity index (χ3n) is 3.57. The molecule has 28 heavy (non-hydrogen) atoms. The lowest BCUT2D eigenvalue weighted by atomic mass is 10.1. The van der Waals surface area contributed by atoms with E-state index in [1.807, 2.05) is 0 Å². The first-order chi connectivity index (χ1) is 13.3. The molecule has 0 aliphatic heterocycles. The summed E-state index contributed by atoms with van der Waals surface area (Å²) in [6.07, 6.45) is 0. The van der Waals surface area contributed by atoms with Gasteiger partial charge in [-0.05, 0) is 18.2 Å². The van der Waals surface area contributed by atoms with Gasteiger partial charge < -0.3 is 5.32 Å². The normalized spacial score (nSPS) is 10.6. The number of carbonyl (C=O) groups is 2. The fourth-order valence-electron chi connectivity index (χ4n) is 2.29. The Morgan fingerprint density at radius 1 is 0.964 bits per heavy atom. The van der Waals surface area contributed by atoms with E-state index in [0.717, 1.165) is 11.3 Å². The zero-order chi connectivity index (χ0) is 20.4. The Morgan fingerprint density at radius 3 is 2.29 bits per heavy atom. The molecule has 5 nitrogen and oxygen atoms in total. The average Bonchev–Trinajstić information content (AvgIpc) is 3.11. The van der Waals surface area contributed by atoms with Gasteiger partial charge in [0.05, 0.1) is 11.3 Å². The number of anilines is 2. The molecule has 0 radical (unpaired) electrons. The van der Waals surface area contributed by atoms with E-state index in [4.69, 9.17) is 0 Å². The molecule has 0 bridgehead atoms. The fourth-order valence-corrected chi connectivity index (χ4v) is 3.01. The number of amides is 2. The van der Waals surface area contributed by atoms with Crippen LogP contribution in [0.4, 0.5) is 28.4 Å². The minimum atomic E-state index is -2.07. The highest BCUT2D eigenvalue weighted by molar-refractivity contribution is 7.14. The van der Waals surface area contributed by atoms with Crippen molar-refractivity contribution in [3.05, 3.63) is 64.5 Å². The Bertz CT molecular complexity index is 1070. The van der Waals surface area contributed by atoms with E-state index in [0.29, 0.717) is 16.9 Å². The molecular formula is C18H11F4N3O2S. The predicted molar refractivity (Wildman–Crippen MR) is 96.1 cm³/mol. The molecule has 10 heteroatoms. The van der Waals surface area contributed by atoms with Crippen LogP contribution in [-0.4, -0.2) is 16.8 Å². The SMILES string of the molecule is CC(=O)Nc1ccc(-c2csc(NC(=O)c3cc(F)c(F)c(F)c3F)n2)cc1. The summed E-state index contributed by atoms with van der Waals surface area (Å²) < 4.78 is 53.2. The van der Waals surface area contributed by atoms with Crippen molar-refractivity contribution in [2.45, 2.75) is 6.92 Å². The Morgan fingerprint density at radius 2 is 1.64 bits per heavy atom. The lowest BCUT2D eigenvalue weighted by molar-refractivity contribution is -0.114. The summed E-state index contributed by atoms with van der Waals surface area (Å²) in [7, 11) is 0. The number of nitrogens with one attached hydrogen (secondary N) is 2. The van der Waals surface area contributed by atoms with Gasteiger partial charge in [-0.2, -0.15) is 0 Å². The van der Waals surface area contributed by atoms with Gasteiger partial charge in [-0.1, -0.05) is 12.1 Å². The monoisotopic (exact) mass is 409 g/mol. The van der Waals surface area contributed by atoms with E-state index in [-0.39, 0.29) is 17.1 Å². The minimum absolute atomic E-state index is 0.0514. The molecule has 144 valence electrons. The van der Waals surface area contributed by atoms with Crippen LogP contribution in [-0.2, 0) is 4.79 Å². The molecule has 2 N–H and O–H groups in total. The van der Waals surface area contributed by atoms with E-state index in [2.05, 4.69) is 15.6 Å². The highest BCUT2D eigenvalue weighted by atomic mass is 32.1. The van der Waals surface area contributed by atoms with E-state index < -0.39 is 34.7 Å². The maximum Gasteiger partial charge on any atom is 0.260 e. The number of thiazole rings is 1. The summed E-state index contributed by atoms with van der Waals surface area (Å²) in [6.45, 7) is 1.38. The van der Waals surface area contributed by atoms with E-state index in [9.17, 15) is 27.2 Å². The summed E-state index contributed by atoms with van der Waals surface area (Å²) in [4.78, 5) is 27.2. The van der Waals surface area contributed by atoms with E-state index in [1.54, 1.807) is 29.6 Å². The summed E-state index contributed by atoms with van der Waals surface area (Å²) in [6, 6.07) is 6.98. The van der Waals surface area contributed by atoms with Crippen LogP contribution in [0, 0.1) is 23.3 Å². The first-order valence-electron chi connectivity index (χ1n) is 7.74. The third-order valence-corrected chi connectivity index (χ3v) is 4.33. The van der Waals surface area contributed by atoms with Crippen LogP contribution >= 0.6 is 11.3 Å². The van der Waals surface area contributed by atoms with Gasteiger partial charge in [0.15, 0.2) is 28.4 Å². The Kier molecular flexibility index (Phi) is 5.41. The second-order valence-electron chi connectivity index (χ2n) is 5.60. The lowest BCUT2D eigenvalue weighted by Crippen LogP contribution is -2.16. The smallest absolute Gasteiger partial charge is 0.260 e. The van der Waals surface area contributed by atoms with Crippen LogP contribution in [0.2, 0.25) is 0 Å². The molecule has 0 aliphatic carbocycles. The number of hydrogen-bond donors (Lipinski definition) is 2. The highest BCUT2D eigenvalue weighted by Crippen LogP contribution is 2.27. The van der Waals surface area contributed by atoms with Crippen LogP contribution in [0.3, 0.4) is 0 Å². The van der Waals surface area contributed by atoms with Crippen molar-refractivity contribution in [3.8, 4) is 11.3 Å². The minimum Gasteiger partial charge on any atom is -0.326 e. The summed E-state index contributed by atoms with van der Waals surface area (Å²) in [5, 5.41) is 6.48. The number of carbonyl (C=O) groups excluding carboxylic acids is 2. The molecule has 1 aromatic heterocycles. The number of halogens is 4. The van der Waals surface area contributed by atoms with Crippen molar-refractivity contribution in [2.75, 3.05) is 10.6 Å². The molecule has 3 rings (SSSR count). The molecule has 0 saturated heterocycles. The predicted octanol–water partition coefficient (Wildman–Crippen LogP) is 4.58. The van der Waals surface area contributed by atoms with Gasteiger partial charge in [-0.3, -0.25) is 14.9 Å². The van der Waals surface area contributed by atoms with Crippen molar-refractivity contribution in [1.82, 2.24) is 4.98 Å². The van der Waals surface area contributed by atoms with Crippen molar-refractivity contribution in [1.29, 1.82) is 0 Å². The average molecular weight is 409 g/mol. The first kappa shape index (κ1) is 19.5. The molecule has 0 saturated carbocycles. The second kappa shape index (κ2) is 7.77. The van der Waals surface area contributed by atoms with Gasteiger partial charge in [-0.25, -0.2) is 22.5 Å². The Balaban J connectivity index is 1.78. The zero-order valence-corrected chi connectivity index (χ0v) is 15.0. The molecule has 2 aromatic carbocycles. The maximum absolute atomic E-state index is 13.7. The summed E-state index contributed by atoms with van der Waals surface area (Å²) in [5.41, 5.74) is 0.770. The number of nitrogens with zero attached hydrogens (tertiary/aromatic N) is 1. The van der Waals surface area contributed by atoms with Crippen LogP contribution in [0.1, 0.15) is 17.3 Å². The molecule has 0 unspecified atom stereocenters. The van der Waals surface area contributed by atoms with Gasteiger partial charge in [0.1, 0.15) is 0 Å². The standard InChI is InChI=1S/C18H11F4N3O2S/c1-8(26)23-10-4-2-9(3-5-10)13-7-28-18(24-13)25-17(27)11-6-12(19)15(21)16(22)14(11)20/h2-7H,1H3,(H,23,26)(H,24,25,27). The Hall–Kier alpha value is -3.27. The van der Waals surface area contributed by atoms with E-state index in [1.165, 1.54) is 6.92 Å². The van der Waals surface area contributed by atoms with Crippen LogP contribution in [0.25, 0.3) is 11.3 Å².